The molecule has 1 aromatic rings. The van der Waals surface area contributed by atoms with Crippen molar-refractivity contribution in [3.05, 3.63) is 22.4 Å². The molecule has 1 N–H and O–H groups in total. The third-order valence-electron chi connectivity index (χ3n) is 4.05. The number of carbonyl (C=O) groups excluding carboxylic acids is 3. The standard InChI is InChI=1S/C14H16N2O3S/c17-10(11-5-4-8-20-11)9-16-12(18)14(15-13(16)19)6-2-1-3-7-14/h4-5,8H,1-3,6-7,9H2,(H,15,19). The van der Waals surface area contributed by atoms with Gasteiger partial charge in [-0.2, -0.15) is 0 Å². The molecule has 3 amide bonds. The summed E-state index contributed by atoms with van der Waals surface area (Å²) in [6.45, 7) is -0.160. The zero-order valence-corrected chi connectivity index (χ0v) is 11.9. The highest BCUT2D eigenvalue weighted by Crippen LogP contribution is 2.33. The van der Waals surface area contributed by atoms with Crippen molar-refractivity contribution < 1.29 is 14.4 Å². The molecule has 0 bridgehead atoms. The average Bonchev–Trinajstić information content (AvgIpc) is 3.04. The molecule has 6 heteroatoms. The first kappa shape index (κ1) is 13.3. The Morgan fingerprint density at radius 1 is 1.30 bits per heavy atom. The number of imide groups is 1. The van der Waals surface area contributed by atoms with Crippen molar-refractivity contribution in [2.75, 3.05) is 6.54 Å². The zero-order valence-electron chi connectivity index (χ0n) is 11.1. The number of Topliss-reactive ketones (excluding diaryl/α,β-unsaturated/α-hetero) is 1. The summed E-state index contributed by atoms with van der Waals surface area (Å²) in [5.41, 5.74) is -0.745. The minimum Gasteiger partial charge on any atom is -0.323 e. The third kappa shape index (κ3) is 2.14. The molecule has 106 valence electrons. The first-order valence-electron chi connectivity index (χ1n) is 6.83. The summed E-state index contributed by atoms with van der Waals surface area (Å²) in [6.07, 6.45) is 4.35. The molecule has 0 unspecified atom stereocenters. The zero-order chi connectivity index (χ0) is 14.2. The van der Waals surface area contributed by atoms with E-state index in [1.54, 1.807) is 12.1 Å². The van der Waals surface area contributed by atoms with Crippen LogP contribution >= 0.6 is 11.3 Å². The fourth-order valence-electron chi connectivity index (χ4n) is 2.97. The quantitative estimate of drug-likeness (QED) is 0.686. The number of rotatable bonds is 3. The van der Waals surface area contributed by atoms with Crippen LogP contribution in [-0.4, -0.2) is 34.7 Å². The Kier molecular flexibility index (Phi) is 3.33. The summed E-state index contributed by atoms with van der Waals surface area (Å²) in [4.78, 5) is 38.2. The van der Waals surface area contributed by atoms with Gasteiger partial charge in [-0.3, -0.25) is 14.5 Å². The van der Waals surface area contributed by atoms with Crippen LogP contribution in [0.25, 0.3) is 0 Å². The summed E-state index contributed by atoms with van der Waals surface area (Å²) in [7, 11) is 0. The number of hydrogen-bond donors (Lipinski definition) is 1. The maximum Gasteiger partial charge on any atom is 0.325 e. The maximum absolute atomic E-state index is 12.5. The van der Waals surface area contributed by atoms with Gasteiger partial charge in [-0.05, 0) is 24.3 Å². The smallest absolute Gasteiger partial charge is 0.323 e. The summed E-state index contributed by atoms with van der Waals surface area (Å²) < 4.78 is 0. The molecule has 0 atom stereocenters. The second-order valence-electron chi connectivity index (χ2n) is 5.36. The Balaban J connectivity index is 1.75. The van der Waals surface area contributed by atoms with Crippen LogP contribution in [0.15, 0.2) is 17.5 Å². The molecule has 5 nitrogen and oxygen atoms in total. The predicted octanol–water partition coefficient (Wildman–Crippen LogP) is 2.19. The van der Waals surface area contributed by atoms with Crippen LogP contribution < -0.4 is 5.32 Å². The summed E-state index contributed by atoms with van der Waals surface area (Å²) >= 11 is 1.32. The van der Waals surface area contributed by atoms with E-state index in [9.17, 15) is 14.4 Å². The van der Waals surface area contributed by atoms with E-state index in [0.717, 1.165) is 24.2 Å². The molecule has 1 saturated heterocycles. The fraction of sp³-hybridized carbons (Fsp3) is 0.500. The van der Waals surface area contributed by atoms with Gasteiger partial charge in [-0.15, -0.1) is 11.3 Å². The molecule has 2 aliphatic rings. The van der Waals surface area contributed by atoms with Crippen molar-refractivity contribution in [2.24, 2.45) is 0 Å². The second-order valence-corrected chi connectivity index (χ2v) is 6.31. The van der Waals surface area contributed by atoms with Crippen molar-refractivity contribution >= 4 is 29.1 Å². The lowest BCUT2D eigenvalue weighted by Gasteiger charge is -2.30. The number of thiophene rings is 1. The van der Waals surface area contributed by atoms with Crippen molar-refractivity contribution in [3.8, 4) is 0 Å². The van der Waals surface area contributed by atoms with Gasteiger partial charge in [-0.25, -0.2) is 4.79 Å². The van der Waals surface area contributed by atoms with E-state index in [-0.39, 0.29) is 18.2 Å². The molecule has 0 radical (unpaired) electrons. The van der Waals surface area contributed by atoms with Crippen LogP contribution in [-0.2, 0) is 4.79 Å². The minimum atomic E-state index is -0.745. The predicted molar refractivity (Wildman–Crippen MR) is 74.7 cm³/mol. The van der Waals surface area contributed by atoms with E-state index in [0.29, 0.717) is 17.7 Å². The molecule has 1 spiro atoms. The first-order chi connectivity index (χ1) is 9.62. The van der Waals surface area contributed by atoms with Crippen LogP contribution in [0.2, 0.25) is 0 Å². The number of carbonyl (C=O) groups is 3. The molecule has 20 heavy (non-hydrogen) atoms. The fourth-order valence-corrected chi connectivity index (χ4v) is 3.63. The number of nitrogens with zero attached hydrogens (tertiary/aromatic N) is 1. The van der Waals surface area contributed by atoms with E-state index >= 15 is 0 Å². The molecule has 0 aromatic carbocycles. The number of urea groups is 1. The molecule has 2 heterocycles. The lowest BCUT2D eigenvalue weighted by molar-refractivity contribution is -0.132. The Hall–Kier alpha value is -1.69. The van der Waals surface area contributed by atoms with Gasteiger partial charge in [0.1, 0.15) is 5.54 Å². The van der Waals surface area contributed by atoms with E-state index in [4.69, 9.17) is 0 Å². The highest BCUT2D eigenvalue weighted by atomic mass is 32.1. The van der Waals surface area contributed by atoms with Crippen molar-refractivity contribution in [2.45, 2.75) is 37.6 Å². The average molecular weight is 292 g/mol. The van der Waals surface area contributed by atoms with Gasteiger partial charge in [0.05, 0.1) is 11.4 Å². The van der Waals surface area contributed by atoms with Gasteiger partial charge < -0.3 is 5.32 Å². The van der Waals surface area contributed by atoms with Crippen molar-refractivity contribution in [1.29, 1.82) is 0 Å². The van der Waals surface area contributed by atoms with E-state index < -0.39 is 11.6 Å². The Labute approximate surface area is 121 Å². The topological polar surface area (TPSA) is 66.5 Å². The van der Waals surface area contributed by atoms with E-state index in [1.807, 2.05) is 5.38 Å². The normalized spacial score (nSPS) is 21.3. The maximum atomic E-state index is 12.5. The van der Waals surface area contributed by atoms with Crippen LogP contribution in [0.5, 0.6) is 0 Å². The van der Waals surface area contributed by atoms with E-state index in [1.165, 1.54) is 11.3 Å². The van der Waals surface area contributed by atoms with Gasteiger partial charge in [0, 0.05) is 0 Å². The molecule has 1 aliphatic heterocycles. The lowest BCUT2D eigenvalue weighted by Crippen LogP contribution is -2.48. The van der Waals surface area contributed by atoms with Crippen LogP contribution in [0.3, 0.4) is 0 Å². The molecule has 1 saturated carbocycles. The van der Waals surface area contributed by atoms with Crippen LogP contribution in [0.4, 0.5) is 4.79 Å². The Morgan fingerprint density at radius 2 is 2.05 bits per heavy atom. The highest BCUT2D eigenvalue weighted by molar-refractivity contribution is 7.12. The van der Waals surface area contributed by atoms with Crippen molar-refractivity contribution in [1.82, 2.24) is 10.2 Å². The molecule has 3 rings (SSSR count). The van der Waals surface area contributed by atoms with Gasteiger partial charge in [0.25, 0.3) is 5.91 Å². The van der Waals surface area contributed by atoms with Crippen molar-refractivity contribution in [3.63, 3.8) is 0 Å². The highest BCUT2D eigenvalue weighted by Gasteiger charge is 2.51. The number of amides is 3. The Morgan fingerprint density at radius 3 is 2.70 bits per heavy atom. The van der Waals surface area contributed by atoms with Crippen LogP contribution in [0, 0.1) is 0 Å². The molecule has 1 aromatic heterocycles. The number of hydrogen-bond acceptors (Lipinski definition) is 4. The summed E-state index contributed by atoms with van der Waals surface area (Å²) in [5.74, 6) is -0.413. The number of ketones is 1. The van der Waals surface area contributed by atoms with Gasteiger partial charge in [0.15, 0.2) is 5.78 Å². The summed E-state index contributed by atoms with van der Waals surface area (Å²) in [5, 5.41) is 4.62. The molecule has 2 fully saturated rings. The monoisotopic (exact) mass is 292 g/mol. The third-order valence-corrected chi connectivity index (χ3v) is 4.96. The van der Waals surface area contributed by atoms with Gasteiger partial charge in [0.2, 0.25) is 0 Å². The molecule has 1 aliphatic carbocycles. The largest absolute Gasteiger partial charge is 0.325 e. The SMILES string of the molecule is O=C(CN1C(=O)NC2(CCCCC2)C1=O)c1cccs1. The van der Waals surface area contributed by atoms with E-state index in [2.05, 4.69) is 5.32 Å². The second kappa shape index (κ2) is 5.01. The van der Waals surface area contributed by atoms with Gasteiger partial charge >= 0.3 is 6.03 Å². The minimum absolute atomic E-state index is 0.160. The van der Waals surface area contributed by atoms with Crippen LogP contribution in [0.1, 0.15) is 41.8 Å². The number of nitrogens with one attached hydrogen (secondary N) is 1. The molecular weight excluding hydrogens is 276 g/mol. The first-order valence-corrected chi connectivity index (χ1v) is 7.71. The molecular formula is C14H16N2O3S. The lowest BCUT2D eigenvalue weighted by atomic mass is 9.82. The summed E-state index contributed by atoms with van der Waals surface area (Å²) in [6, 6.07) is 3.07. The van der Waals surface area contributed by atoms with Gasteiger partial charge in [-0.1, -0.05) is 25.3 Å². The Bertz CT molecular complexity index is 547.